The monoisotopic (exact) mass is 331 g/mol. The van der Waals surface area contributed by atoms with Gasteiger partial charge < -0.3 is 15.2 Å². The molecular weight excluding hydrogens is 313 g/mol. The van der Waals surface area contributed by atoms with Crippen LogP contribution in [0.15, 0.2) is 35.3 Å². The summed E-state index contributed by atoms with van der Waals surface area (Å²) in [6.07, 6.45) is 2.67. The first kappa shape index (κ1) is 16.2. The Morgan fingerprint density at radius 3 is 2.58 bits per heavy atom. The molecule has 0 radical (unpaired) electrons. The summed E-state index contributed by atoms with van der Waals surface area (Å²) < 4.78 is 15.0. The lowest BCUT2D eigenvalue weighted by atomic mass is 9.96. The van der Waals surface area contributed by atoms with Crippen LogP contribution in [0, 0.1) is 11.7 Å². The fraction of sp³-hybridized carbons (Fsp3) is 0.353. The first-order valence-electron chi connectivity index (χ1n) is 7.81. The summed E-state index contributed by atoms with van der Waals surface area (Å²) in [5.41, 5.74) is 5.53. The highest BCUT2D eigenvalue weighted by atomic mass is 19.1. The zero-order valence-corrected chi connectivity index (χ0v) is 13.1. The lowest BCUT2D eigenvalue weighted by Crippen LogP contribution is -2.43. The molecular formula is C17H18FN3O3. The Balaban J connectivity index is 1.78. The highest BCUT2D eigenvalue weighted by Gasteiger charge is 2.25. The van der Waals surface area contributed by atoms with Crippen molar-refractivity contribution in [1.82, 2.24) is 9.47 Å². The number of nitrogens with zero attached hydrogens (tertiary/aromatic N) is 2. The van der Waals surface area contributed by atoms with Crippen molar-refractivity contribution in [3.63, 3.8) is 0 Å². The van der Waals surface area contributed by atoms with Crippen LogP contribution in [0.4, 0.5) is 4.39 Å². The number of carbonyl (C=O) groups excluding carboxylic acids is 2. The van der Waals surface area contributed by atoms with E-state index in [0.717, 1.165) is 0 Å². The number of nitrogens with two attached hydrogens (primary N) is 1. The normalized spacial score (nSPS) is 15.6. The Kier molecular flexibility index (Phi) is 4.33. The third-order valence-corrected chi connectivity index (χ3v) is 4.49. The molecule has 0 aliphatic carbocycles. The van der Waals surface area contributed by atoms with E-state index < -0.39 is 5.82 Å². The summed E-state index contributed by atoms with van der Waals surface area (Å²) in [5.74, 6) is -1.09. The maximum atomic E-state index is 13.3. The standard InChI is InChI=1S/C17H18FN3O3/c18-12-1-2-14-13(9-12)15(22)5-8-21(14)10-16(23)20-6-3-11(4-7-20)17(19)24/h1-2,5,8-9,11H,3-4,6-7,10H2,(H2,19,24). The smallest absolute Gasteiger partial charge is 0.242 e. The third kappa shape index (κ3) is 3.15. The SMILES string of the molecule is NC(=O)C1CCN(C(=O)Cn2ccc(=O)c3cc(F)ccc32)CC1. The minimum absolute atomic E-state index is 0.0592. The Labute approximate surface area is 137 Å². The van der Waals surface area contributed by atoms with Gasteiger partial charge in [0, 0.05) is 36.7 Å². The van der Waals surface area contributed by atoms with Gasteiger partial charge >= 0.3 is 0 Å². The molecule has 2 heterocycles. The number of benzene rings is 1. The van der Waals surface area contributed by atoms with Crippen LogP contribution in [0.2, 0.25) is 0 Å². The van der Waals surface area contributed by atoms with Crippen molar-refractivity contribution in [3.05, 3.63) is 46.5 Å². The molecule has 126 valence electrons. The molecule has 3 rings (SSSR count). The first-order valence-corrected chi connectivity index (χ1v) is 7.81. The number of aromatic nitrogens is 1. The average molecular weight is 331 g/mol. The molecule has 1 fully saturated rings. The number of rotatable bonds is 3. The number of pyridine rings is 1. The molecule has 0 unspecified atom stereocenters. The molecule has 6 nitrogen and oxygen atoms in total. The average Bonchev–Trinajstić information content (AvgIpc) is 2.57. The molecule has 0 spiro atoms. The minimum atomic E-state index is -0.489. The van der Waals surface area contributed by atoms with Gasteiger partial charge in [-0.3, -0.25) is 14.4 Å². The van der Waals surface area contributed by atoms with E-state index >= 15 is 0 Å². The molecule has 1 saturated heterocycles. The molecule has 2 amide bonds. The van der Waals surface area contributed by atoms with Crippen LogP contribution in [-0.2, 0) is 16.1 Å². The van der Waals surface area contributed by atoms with Crippen LogP contribution in [0.5, 0.6) is 0 Å². The van der Waals surface area contributed by atoms with Crippen molar-refractivity contribution in [1.29, 1.82) is 0 Å². The number of halogens is 1. The summed E-state index contributed by atoms with van der Waals surface area (Å²) in [5, 5.41) is 0.248. The Bertz CT molecular complexity index is 854. The van der Waals surface area contributed by atoms with E-state index in [4.69, 9.17) is 5.73 Å². The van der Waals surface area contributed by atoms with E-state index in [1.54, 1.807) is 9.47 Å². The van der Waals surface area contributed by atoms with Crippen LogP contribution in [0.25, 0.3) is 10.9 Å². The molecule has 2 N–H and O–H groups in total. The maximum absolute atomic E-state index is 13.3. The van der Waals surface area contributed by atoms with Gasteiger partial charge in [0.2, 0.25) is 11.8 Å². The zero-order chi connectivity index (χ0) is 17.3. The highest BCUT2D eigenvalue weighted by Crippen LogP contribution is 2.18. The minimum Gasteiger partial charge on any atom is -0.369 e. The summed E-state index contributed by atoms with van der Waals surface area (Å²) in [6, 6.07) is 5.27. The highest BCUT2D eigenvalue weighted by molar-refractivity contribution is 5.82. The quantitative estimate of drug-likeness (QED) is 0.905. The summed E-state index contributed by atoms with van der Waals surface area (Å²) in [7, 11) is 0. The second-order valence-corrected chi connectivity index (χ2v) is 6.03. The molecule has 2 aromatic rings. The van der Waals surface area contributed by atoms with E-state index in [1.807, 2.05) is 0 Å². The number of piperidine rings is 1. The second kappa shape index (κ2) is 6.43. The van der Waals surface area contributed by atoms with Crippen molar-refractivity contribution < 1.29 is 14.0 Å². The van der Waals surface area contributed by atoms with Crippen molar-refractivity contribution in [3.8, 4) is 0 Å². The van der Waals surface area contributed by atoms with Crippen molar-refractivity contribution in [2.75, 3.05) is 13.1 Å². The Morgan fingerprint density at radius 2 is 1.92 bits per heavy atom. The molecule has 1 aliphatic heterocycles. The lowest BCUT2D eigenvalue weighted by molar-refractivity contribution is -0.135. The number of hydrogen-bond donors (Lipinski definition) is 1. The van der Waals surface area contributed by atoms with Gasteiger partial charge in [-0.25, -0.2) is 4.39 Å². The van der Waals surface area contributed by atoms with Crippen LogP contribution in [0.1, 0.15) is 12.8 Å². The largest absolute Gasteiger partial charge is 0.369 e. The van der Waals surface area contributed by atoms with E-state index in [2.05, 4.69) is 0 Å². The first-order chi connectivity index (χ1) is 11.5. The lowest BCUT2D eigenvalue weighted by Gasteiger charge is -2.31. The van der Waals surface area contributed by atoms with E-state index in [1.165, 1.54) is 30.5 Å². The van der Waals surface area contributed by atoms with Gasteiger partial charge in [-0.2, -0.15) is 0 Å². The number of primary amides is 1. The third-order valence-electron chi connectivity index (χ3n) is 4.49. The molecule has 7 heteroatoms. The van der Waals surface area contributed by atoms with Gasteiger partial charge in [0.25, 0.3) is 0 Å². The number of carbonyl (C=O) groups is 2. The van der Waals surface area contributed by atoms with Crippen LogP contribution in [0.3, 0.4) is 0 Å². The molecule has 1 aliphatic rings. The van der Waals surface area contributed by atoms with Gasteiger partial charge in [-0.1, -0.05) is 0 Å². The molecule has 1 aromatic heterocycles. The van der Waals surface area contributed by atoms with Crippen LogP contribution in [-0.4, -0.2) is 34.4 Å². The molecule has 1 aromatic carbocycles. The maximum Gasteiger partial charge on any atom is 0.242 e. The summed E-state index contributed by atoms with van der Waals surface area (Å²) in [4.78, 5) is 37.2. The summed E-state index contributed by atoms with van der Waals surface area (Å²) in [6.45, 7) is 1.03. The van der Waals surface area contributed by atoms with Crippen LogP contribution >= 0.6 is 0 Å². The van der Waals surface area contributed by atoms with Gasteiger partial charge in [0.15, 0.2) is 5.43 Å². The molecule has 24 heavy (non-hydrogen) atoms. The second-order valence-electron chi connectivity index (χ2n) is 6.03. The van der Waals surface area contributed by atoms with E-state index in [9.17, 15) is 18.8 Å². The number of fused-ring (bicyclic) bond motifs is 1. The van der Waals surface area contributed by atoms with Crippen molar-refractivity contribution in [2.45, 2.75) is 19.4 Å². The molecule has 0 saturated carbocycles. The van der Waals surface area contributed by atoms with Crippen molar-refractivity contribution in [2.24, 2.45) is 11.7 Å². The van der Waals surface area contributed by atoms with Gasteiger partial charge in [-0.15, -0.1) is 0 Å². The van der Waals surface area contributed by atoms with E-state index in [0.29, 0.717) is 31.4 Å². The van der Waals surface area contributed by atoms with Gasteiger partial charge in [0.05, 0.1) is 5.52 Å². The molecule has 0 bridgehead atoms. The fourth-order valence-corrected chi connectivity index (χ4v) is 3.08. The Hall–Kier alpha value is -2.70. The number of amides is 2. The topological polar surface area (TPSA) is 85.4 Å². The predicted molar refractivity (Wildman–Crippen MR) is 86.7 cm³/mol. The van der Waals surface area contributed by atoms with Crippen LogP contribution < -0.4 is 11.2 Å². The van der Waals surface area contributed by atoms with Crippen molar-refractivity contribution >= 4 is 22.7 Å². The van der Waals surface area contributed by atoms with E-state index in [-0.39, 0.29) is 35.1 Å². The summed E-state index contributed by atoms with van der Waals surface area (Å²) >= 11 is 0. The predicted octanol–water partition coefficient (Wildman–Crippen LogP) is 0.864. The Morgan fingerprint density at radius 1 is 1.21 bits per heavy atom. The zero-order valence-electron chi connectivity index (χ0n) is 13.1. The van der Waals surface area contributed by atoms with Gasteiger partial charge in [0.1, 0.15) is 12.4 Å². The fourth-order valence-electron chi connectivity index (χ4n) is 3.08. The van der Waals surface area contributed by atoms with Gasteiger partial charge in [-0.05, 0) is 31.0 Å². The number of likely N-dealkylation sites (tertiary alicyclic amines) is 1. The molecule has 0 atom stereocenters. The number of hydrogen-bond acceptors (Lipinski definition) is 3.